The summed E-state index contributed by atoms with van der Waals surface area (Å²) in [6.07, 6.45) is 0.431. The summed E-state index contributed by atoms with van der Waals surface area (Å²) < 4.78 is 0.618. The van der Waals surface area contributed by atoms with Gasteiger partial charge in [0.2, 0.25) is 0 Å². The molecule has 0 aliphatic heterocycles. The Morgan fingerprint density at radius 1 is 1.44 bits per heavy atom. The number of aliphatic hydroxyl groups excluding tert-OH is 2. The number of hydrogen-bond acceptors (Lipinski definition) is 3. The maximum absolute atomic E-state index is 12.0. The molecule has 4 nitrogen and oxygen atoms in total. The SMILES string of the molecule is CCC(CO)(CO)NC(=O)c1ccc(Cl)c(Br)c1. The number of aliphatic hydroxyl groups is 2. The van der Waals surface area contributed by atoms with E-state index in [-0.39, 0.29) is 19.1 Å². The molecule has 1 amide bonds. The topological polar surface area (TPSA) is 69.6 Å². The van der Waals surface area contributed by atoms with E-state index in [2.05, 4.69) is 21.2 Å². The highest BCUT2D eigenvalue weighted by Crippen LogP contribution is 2.23. The van der Waals surface area contributed by atoms with Crippen LogP contribution in [0.3, 0.4) is 0 Å². The summed E-state index contributed by atoms with van der Waals surface area (Å²) in [5.41, 5.74) is -0.588. The summed E-state index contributed by atoms with van der Waals surface area (Å²) in [5, 5.41) is 21.7. The van der Waals surface area contributed by atoms with Crippen LogP contribution in [0.5, 0.6) is 0 Å². The van der Waals surface area contributed by atoms with E-state index < -0.39 is 5.54 Å². The molecule has 0 bridgehead atoms. The number of hydrogen-bond donors (Lipinski definition) is 3. The smallest absolute Gasteiger partial charge is 0.251 e. The zero-order valence-electron chi connectivity index (χ0n) is 9.91. The van der Waals surface area contributed by atoms with Crippen LogP contribution in [-0.2, 0) is 0 Å². The van der Waals surface area contributed by atoms with Crippen molar-refractivity contribution in [1.29, 1.82) is 0 Å². The maximum atomic E-state index is 12.0. The molecule has 0 spiro atoms. The van der Waals surface area contributed by atoms with Gasteiger partial charge in [0, 0.05) is 10.0 Å². The Labute approximate surface area is 119 Å². The van der Waals surface area contributed by atoms with Gasteiger partial charge in [0.25, 0.3) is 5.91 Å². The van der Waals surface area contributed by atoms with E-state index in [4.69, 9.17) is 11.6 Å². The predicted octanol–water partition coefficient (Wildman–Crippen LogP) is 1.97. The fourth-order valence-corrected chi connectivity index (χ4v) is 1.89. The largest absolute Gasteiger partial charge is 0.394 e. The Bertz CT molecular complexity index is 427. The summed E-state index contributed by atoms with van der Waals surface area (Å²) in [7, 11) is 0. The monoisotopic (exact) mass is 335 g/mol. The molecule has 0 fully saturated rings. The van der Waals surface area contributed by atoms with Crippen LogP contribution < -0.4 is 5.32 Å². The molecular weight excluding hydrogens is 321 g/mol. The molecule has 1 aromatic rings. The minimum atomic E-state index is -0.997. The standard InChI is InChI=1S/C12H15BrClNO3/c1-2-12(6-16,7-17)15-11(18)8-3-4-10(14)9(13)5-8/h3-5,16-17H,2,6-7H2,1H3,(H,15,18). The molecule has 0 unspecified atom stereocenters. The highest BCUT2D eigenvalue weighted by Gasteiger charge is 2.28. The molecule has 0 aliphatic carbocycles. The van der Waals surface area contributed by atoms with Crippen molar-refractivity contribution in [2.45, 2.75) is 18.9 Å². The van der Waals surface area contributed by atoms with Gasteiger partial charge in [-0.3, -0.25) is 4.79 Å². The lowest BCUT2D eigenvalue weighted by atomic mass is 9.98. The average Bonchev–Trinajstić information content (AvgIpc) is 2.39. The molecule has 0 aliphatic rings. The molecule has 0 radical (unpaired) electrons. The first-order chi connectivity index (χ1) is 8.48. The highest BCUT2D eigenvalue weighted by atomic mass is 79.9. The second-order valence-electron chi connectivity index (χ2n) is 4.03. The predicted molar refractivity (Wildman–Crippen MR) is 73.8 cm³/mol. The number of nitrogens with one attached hydrogen (secondary N) is 1. The van der Waals surface area contributed by atoms with Gasteiger partial charge in [0.05, 0.1) is 23.8 Å². The Balaban J connectivity index is 2.90. The number of carbonyl (C=O) groups is 1. The summed E-state index contributed by atoms with van der Waals surface area (Å²) >= 11 is 9.08. The van der Waals surface area contributed by atoms with Crippen LogP contribution >= 0.6 is 27.5 Å². The molecule has 1 rings (SSSR count). The van der Waals surface area contributed by atoms with Crippen molar-refractivity contribution in [2.24, 2.45) is 0 Å². The van der Waals surface area contributed by atoms with Gasteiger partial charge in [0.1, 0.15) is 0 Å². The van der Waals surface area contributed by atoms with E-state index in [1.54, 1.807) is 25.1 Å². The molecule has 0 saturated carbocycles. The van der Waals surface area contributed by atoms with Crippen molar-refractivity contribution in [3.05, 3.63) is 33.3 Å². The van der Waals surface area contributed by atoms with Gasteiger partial charge in [-0.2, -0.15) is 0 Å². The van der Waals surface area contributed by atoms with Crippen molar-refractivity contribution in [3.8, 4) is 0 Å². The minimum Gasteiger partial charge on any atom is -0.394 e. The Morgan fingerprint density at radius 3 is 2.50 bits per heavy atom. The van der Waals surface area contributed by atoms with Crippen molar-refractivity contribution < 1.29 is 15.0 Å². The Kier molecular flexibility index (Phi) is 5.59. The second kappa shape index (κ2) is 6.52. The van der Waals surface area contributed by atoms with Gasteiger partial charge in [-0.05, 0) is 40.5 Å². The lowest BCUT2D eigenvalue weighted by Gasteiger charge is -2.29. The Hall–Kier alpha value is -0.620. The molecular formula is C12H15BrClNO3. The normalized spacial score (nSPS) is 11.4. The zero-order valence-corrected chi connectivity index (χ0v) is 12.3. The summed E-state index contributed by atoms with van der Waals surface area (Å²) in [6, 6.07) is 4.77. The molecule has 3 N–H and O–H groups in total. The van der Waals surface area contributed by atoms with Crippen molar-refractivity contribution in [1.82, 2.24) is 5.32 Å². The van der Waals surface area contributed by atoms with Gasteiger partial charge in [-0.15, -0.1) is 0 Å². The maximum Gasteiger partial charge on any atom is 0.251 e. The molecule has 0 saturated heterocycles. The van der Waals surface area contributed by atoms with Crippen LogP contribution in [0.4, 0.5) is 0 Å². The Morgan fingerprint density at radius 2 is 2.06 bits per heavy atom. The van der Waals surface area contributed by atoms with Gasteiger partial charge in [-0.25, -0.2) is 0 Å². The van der Waals surface area contributed by atoms with Gasteiger partial charge in [0.15, 0.2) is 0 Å². The molecule has 100 valence electrons. The molecule has 6 heteroatoms. The van der Waals surface area contributed by atoms with Gasteiger partial charge in [-0.1, -0.05) is 18.5 Å². The quantitative estimate of drug-likeness (QED) is 0.770. The number of benzene rings is 1. The van der Waals surface area contributed by atoms with E-state index in [1.807, 2.05) is 0 Å². The van der Waals surface area contributed by atoms with Crippen molar-refractivity contribution >= 4 is 33.4 Å². The third-order valence-corrected chi connectivity index (χ3v) is 4.06. The summed E-state index contributed by atoms with van der Waals surface area (Å²) in [5.74, 6) is -0.364. The average molecular weight is 337 g/mol. The van der Waals surface area contributed by atoms with Crippen LogP contribution in [0.15, 0.2) is 22.7 Å². The number of carbonyl (C=O) groups excluding carboxylic acids is 1. The second-order valence-corrected chi connectivity index (χ2v) is 5.29. The summed E-state index contributed by atoms with van der Waals surface area (Å²) in [6.45, 7) is 1.14. The number of halogens is 2. The fourth-order valence-electron chi connectivity index (χ4n) is 1.39. The van der Waals surface area contributed by atoms with E-state index in [1.165, 1.54) is 0 Å². The zero-order chi connectivity index (χ0) is 13.8. The van der Waals surface area contributed by atoms with Crippen LogP contribution in [0.1, 0.15) is 23.7 Å². The van der Waals surface area contributed by atoms with Crippen LogP contribution in [0.25, 0.3) is 0 Å². The lowest BCUT2D eigenvalue weighted by Crippen LogP contribution is -2.53. The number of amides is 1. The van der Waals surface area contributed by atoms with Crippen LogP contribution in [0, 0.1) is 0 Å². The molecule has 18 heavy (non-hydrogen) atoms. The molecule has 0 atom stereocenters. The van der Waals surface area contributed by atoms with Crippen molar-refractivity contribution in [2.75, 3.05) is 13.2 Å². The van der Waals surface area contributed by atoms with Crippen molar-refractivity contribution in [3.63, 3.8) is 0 Å². The lowest BCUT2D eigenvalue weighted by molar-refractivity contribution is 0.0653. The first-order valence-corrected chi connectivity index (χ1v) is 6.64. The third kappa shape index (κ3) is 3.45. The molecule has 0 aromatic heterocycles. The van der Waals surface area contributed by atoms with E-state index in [9.17, 15) is 15.0 Å². The van der Waals surface area contributed by atoms with Crippen LogP contribution in [0.2, 0.25) is 5.02 Å². The fraction of sp³-hybridized carbons (Fsp3) is 0.417. The minimum absolute atomic E-state index is 0.319. The molecule has 0 heterocycles. The first kappa shape index (κ1) is 15.4. The van der Waals surface area contributed by atoms with Gasteiger partial charge >= 0.3 is 0 Å². The number of rotatable bonds is 5. The van der Waals surface area contributed by atoms with E-state index >= 15 is 0 Å². The highest BCUT2D eigenvalue weighted by molar-refractivity contribution is 9.10. The van der Waals surface area contributed by atoms with Gasteiger partial charge < -0.3 is 15.5 Å². The summed E-state index contributed by atoms with van der Waals surface area (Å²) in [4.78, 5) is 12.0. The van der Waals surface area contributed by atoms with E-state index in [0.717, 1.165) is 0 Å². The van der Waals surface area contributed by atoms with E-state index in [0.29, 0.717) is 21.5 Å². The molecule has 1 aromatic carbocycles. The van der Waals surface area contributed by atoms with Crippen LogP contribution in [-0.4, -0.2) is 34.9 Å². The third-order valence-electron chi connectivity index (χ3n) is 2.84. The first-order valence-electron chi connectivity index (χ1n) is 5.47.